The van der Waals surface area contributed by atoms with Crippen LogP contribution < -0.4 is 15.8 Å². The van der Waals surface area contributed by atoms with Crippen molar-refractivity contribution in [1.82, 2.24) is 5.32 Å². The molecule has 3 N–H and O–H groups in total. The van der Waals surface area contributed by atoms with E-state index in [2.05, 4.69) is 5.32 Å². The Kier molecular flexibility index (Phi) is 5.82. The van der Waals surface area contributed by atoms with Crippen LogP contribution in [0, 0.1) is 0 Å². The van der Waals surface area contributed by atoms with Crippen LogP contribution in [-0.4, -0.2) is 35.3 Å². The molecule has 5 nitrogen and oxygen atoms in total. The average Bonchev–Trinajstić information content (AvgIpc) is 2.37. The number of hydrogen-bond acceptors (Lipinski definition) is 4. The molecule has 2 atom stereocenters. The Morgan fingerprint density at radius 1 is 1.53 bits per heavy atom. The number of benzene rings is 1. The summed E-state index contributed by atoms with van der Waals surface area (Å²) in [7, 11) is 0.613. The molecule has 1 amide bonds. The van der Waals surface area contributed by atoms with Crippen LogP contribution in [-0.2, 0) is 10.8 Å². The number of carbonyl (C=O) groups excluding carboxylic acids is 1. The number of nitrogens with one attached hydrogen (secondary N) is 1. The van der Waals surface area contributed by atoms with E-state index in [1.54, 1.807) is 24.5 Å². The number of anilines is 1. The first-order chi connectivity index (χ1) is 8.97. The molecular weight excluding hydrogens is 264 g/mol. The van der Waals surface area contributed by atoms with E-state index in [1.807, 2.05) is 6.92 Å². The van der Waals surface area contributed by atoms with Crippen molar-refractivity contribution in [2.45, 2.75) is 18.6 Å². The quantitative estimate of drug-likeness (QED) is 0.768. The highest BCUT2D eigenvalue weighted by atomic mass is 32.2. The van der Waals surface area contributed by atoms with Gasteiger partial charge in [0.2, 0.25) is 0 Å². The zero-order chi connectivity index (χ0) is 14.4. The summed E-state index contributed by atoms with van der Waals surface area (Å²) in [4.78, 5) is 12.0. The molecule has 19 heavy (non-hydrogen) atoms. The lowest BCUT2D eigenvalue weighted by Gasteiger charge is -2.12. The van der Waals surface area contributed by atoms with Gasteiger partial charge in [-0.15, -0.1) is 0 Å². The van der Waals surface area contributed by atoms with Crippen molar-refractivity contribution in [3.05, 3.63) is 23.8 Å². The molecule has 0 heterocycles. The predicted molar refractivity (Wildman–Crippen MR) is 77.9 cm³/mol. The molecule has 0 aliphatic carbocycles. The molecule has 1 aromatic carbocycles. The van der Waals surface area contributed by atoms with E-state index in [-0.39, 0.29) is 11.2 Å². The van der Waals surface area contributed by atoms with Crippen LogP contribution in [0.25, 0.3) is 0 Å². The minimum absolute atomic E-state index is 0.0512. The van der Waals surface area contributed by atoms with E-state index >= 15 is 0 Å². The van der Waals surface area contributed by atoms with Crippen molar-refractivity contribution in [1.29, 1.82) is 0 Å². The Hall–Kier alpha value is -1.56. The van der Waals surface area contributed by atoms with E-state index in [0.29, 0.717) is 30.0 Å². The second-order valence-corrected chi connectivity index (χ2v) is 6.08. The summed E-state index contributed by atoms with van der Waals surface area (Å²) in [5.74, 6) is 0.175. The maximum atomic E-state index is 12.0. The highest BCUT2D eigenvalue weighted by Gasteiger charge is 2.15. The fourth-order valence-electron chi connectivity index (χ4n) is 1.60. The summed E-state index contributed by atoms with van der Waals surface area (Å²) in [6, 6.07) is 5.07. The van der Waals surface area contributed by atoms with Crippen LogP contribution in [0.1, 0.15) is 23.7 Å². The van der Waals surface area contributed by atoms with E-state index in [1.165, 1.54) is 7.11 Å². The molecule has 0 saturated heterocycles. The lowest BCUT2D eigenvalue weighted by atomic mass is 10.1. The molecule has 0 aromatic heterocycles. The molecule has 0 radical (unpaired) electrons. The van der Waals surface area contributed by atoms with Crippen LogP contribution in [0.5, 0.6) is 5.75 Å². The molecule has 0 fully saturated rings. The largest absolute Gasteiger partial charge is 0.496 e. The van der Waals surface area contributed by atoms with Crippen molar-refractivity contribution < 1.29 is 13.7 Å². The lowest BCUT2D eigenvalue weighted by molar-refractivity contribution is 0.0951. The van der Waals surface area contributed by atoms with E-state index in [9.17, 15) is 9.00 Å². The highest BCUT2D eigenvalue weighted by molar-refractivity contribution is 7.84. The maximum Gasteiger partial charge on any atom is 0.257 e. The molecule has 1 rings (SSSR count). The Bertz CT molecular complexity index is 477. The van der Waals surface area contributed by atoms with E-state index in [0.717, 1.165) is 0 Å². The first kappa shape index (κ1) is 15.5. The standard InChI is InChI=1S/C13H20N2O3S/c1-9(19(3)17)7-8-15-13(16)12-10(14)5-4-6-11(12)18-2/h4-6,9H,7-8,14H2,1-3H3,(H,15,16). The van der Waals surface area contributed by atoms with Crippen molar-refractivity contribution in [2.24, 2.45) is 0 Å². The van der Waals surface area contributed by atoms with Gasteiger partial charge in [-0.05, 0) is 18.6 Å². The minimum atomic E-state index is -0.881. The Morgan fingerprint density at radius 3 is 2.79 bits per heavy atom. The monoisotopic (exact) mass is 284 g/mol. The van der Waals surface area contributed by atoms with Gasteiger partial charge in [-0.2, -0.15) is 0 Å². The molecule has 106 valence electrons. The summed E-state index contributed by atoms with van der Waals surface area (Å²) >= 11 is 0. The molecule has 2 unspecified atom stereocenters. The Balaban J connectivity index is 2.66. The molecule has 0 aliphatic rings. The number of carbonyl (C=O) groups is 1. The van der Waals surface area contributed by atoms with Gasteiger partial charge in [-0.3, -0.25) is 9.00 Å². The van der Waals surface area contributed by atoms with Gasteiger partial charge in [0, 0.05) is 34.5 Å². The first-order valence-electron chi connectivity index (χ1n) is 6.00. The van der Waals surface area contributed by atoms with Gasteiger partial charge in [0.25, 0.3) is 5.91 Å². The summed E-state index contributed by atoms with van der Waals surface area (Å²) in [6.07, 6.45) is 2.31. The number of rotatable bonds is 6. The molecule has 0 bridgehead atoms. The van der Waals surface area contributed by atoms with Crippen molar-refractivity contribution in [3.63, 3.8) is 0 Å². The molecular formula is C13H20N2O3S. The smallest absolute Gasteiger partial charge is 0.257 e. The van der Waals surface area contributed by atoms with Crippen LogP contribution >= 0.6 is 0 Å². The Labute approximate surface area is 116 Å². The third kappa shape index (κ3) is 4.24. The van der Waals surface area contributed by atoms with E-state index < -0.39 is 10.8 Å². The third-order valence-electron chi connectivity index (χ3n) is 2.91. The minimum Gasteiger partial charge on any atom is -0.496 e. The first-order valence-corrected chi connectivity index (χ1v) is 7.62. The number of amides is 1. The van der Waals surface area contributed by atoms with E-state index in [4.69, 9.17) is 10.5 Å². The fraction of sp³-hybridized carbons (Fsp3) is 0.462. The highest BCUT2D eigenvalue weighted by Crippen LogP contribution is 2.23. The van der Waals surface area contributed by atoms with Crippen molar-refractivity contribution in [3.8, 4) is 5.75 Å². The summed E-state index contributed by atoms with van der Waals surface area (Å²) in [5.41, 5.74) is 6.51. The molecule has 1 aromatic rings. The second-order valence-electron chi connectivity index (χ2n) is 4.28. The molecule has 0 spiro atoms. The number of methoxy groups -OCH3 is 1. The van der Waals surface area contributed by atoms with Gasteiger partial charge < -0.3 is 15.8 Å². The normalized spacial score (nSPS) is 13.6. The maximum absolute atomic E-state index is 12.0. The van der Waals surface area contributed by atoms with Gasteiger partial charge in [0.1, 0.15) is 11.3 Å². The Morgan fingerprint density at radius 2 is 2.21 bits per heavy atom. The van der Waals surface area contributed by atoms with Gasteiger partial charge in [0.15, 0.2) is 0 Å². The molecule has 0 saturated carbocycles. The molecule has 0 aliphatic heterocycles. The topological polar surface area (TPSA) is 81.4 Å². The number of nitrogen functional groups attached to an aromatic ring is 1. The summed E-state index contributed by atoms with van der Waals surface area (Å²) < 4.78 is 16.3. The lowest BCUT2D eigenvalue weighted by Crippen LogP contribution is -2.28. The summed E-state index contributed by atoms with van der Waals surface area (Å²) in [5, 5.41) is 2.82. The third-order valence-corrected chi connectivity index (χ3v) is 4.28. The van der Waals surface area contributed by atoms with Crippen LogP contribution in [0.15, 0.2) is 18.2 Å². The zero-order valence-corrected chi connectivity index (χ0v) is 12.3. The SMILES string of the molecule is COc1cccc(N)c1C(=O)NCCC(C)S(C)=O. The number of hydrogen-bond donors (Lipinski definition) is 2. The average molecular weight is 284 g/mol. The zero-order valence-electron chi connectivity index (χ0n) is 11.4. The second kappa shape index (κ2) is 7.13. The van der Waals surface area contributed by atoms with Crippen LogP contribution in [0.2, 0.25) is 0 Å². The van der Waals surface area contributed by atoms with Gasteiger partial charge in [0.05, 0.1) is 7.11 Å². The van der Waals surface area contributed by atoms with Crippen LogP contribution in [0.4, 0.5) is 5.69 Å². The van der Waals surface area contributed by atoms with Crippen molar-refractivity contribution in [2.75, 3.05) is 25.6 Å². The number of nitrogens with two attached hydrogens (primary N) is 1. The van der Waals surface area contributed by atoms with Gasteiger partial charge in [-0.25, -0.2) is 0 Å². The fourth-order valence-corrected chi connectivity index (χ4v) is 2.05. The predicted octanol–water partition coefficient (Wildman–Crippen LogP) is 1.16. The molecule has 6 heteroatoms. The van der Waals surface area contributed by atoms with Crippen LogP contribution in [0.3, 0.4) is 0 Å². The summed E-state index contributed by atoms with van der Waals surface area (Å²) in [6.45, 7) is 2.34. The van der Waals surface area contributed by atoms with Gasteiger partial charge >= 0.3 is 0 Å². The number of ether oxygens (including phenoxy) is 1. The van der Waals surface area contributed by atoms with Gasteiger partial charge in [-0.1, -0.05) is 13.0 Å². The van der Waals surface area contributed by atoms with Crippen molar-refractivity contribution >= 4 is 22.4 Å².